The summed E-state index contributed by atoms with van der Waals surface area (Å²) in [5.74, 6) is 0.667. The number of aromatic nitrogens is 1. The summed E-state index contributed by atoms with van der Waals surface area (Å²) in [6, 6.07) is 12.3. The molecular formula is C20H25N3O. The normalized spacial score (nSPS) is 18.9. The molecule has 0 saturated carbocycles. The van der Waals surface area contributed by atoms with E-state index in [1.807, 2.05) is 29.2 Å². The number of amides is 1. The van der Waals surface area contributed by atoms with Gasteiger partial charge in [0.25, 0.3) is 5.91 Å². The van der Waals surface area contributed by atoms with Crippen LogP contribution in [0.25, 0.3) is 0 Å². The first-order valence-corrected chi connectivity index (χ1v) is 8.69. The Morgan fingerprint density at radius 2 is 2.08 bits per heavy atom. The highest BCUT2D eigenvalue weighted by Gasteiger charge is 2.22. The molecule has 0 aliphatic carbocycles. The maximum atomic E-state index is 12.7. The van der Waals surface area contributed by atoms with Crippen molar-refractivity contribution in [2.75, 3.05) is 18.4 Å². The van der Waals surface area contributed by atoms with Crippen LogP contribution in [0, 0.1) is 5.92 Å². The fourth-order valence-corrected chi connectivity index (χ4v) is 3.27. The Balaban J connectivity index is 1.71. The molecule has 4 nitrogen and oxygen atoms in total. The largest absolute Gasteiger partial charge is 0.377 e. The number of piperidine rings is 1. The van der Waals surface area contributed by atoms with Crippen LogP contribution < -0.4 is 5.32 Å². The molecule has 1 aliphatic rings. The predicted octanol–water partition coefficient (Wildman–Crippen LogP) is 4.13. The first-order chi connectivity index (χ1) is 11.6. The zero-order chi connectivity index (χ0) is 16.9. The number of pyridine rings is 1. The molecule has 126 valence electrons. The van der Waals surface area contributed by atoms with E-state index < -0.39 is 0 Å². The van der Waals surface area contributed by atoms with Gasteiger partial charge in [0.15, 0.2) is 0 Å². The third kappa shape index (κ3) is 3.94. The molecule has 0 spiro atoms. The van der Waals surface area contributed by atoms with Gasteiger partial charge >= 0.3 is 0 Å². The van der Waals surface area contributed by atoms with Crippen molar-refractivity contribution >= 4 is 11.6 Å². The summed E-state index contributed by atoms with van der Waals surface area (Å²) in [5, 5.41) is 3.43. The van der Waals surface area contributed by atoms with E-state index in [1.54, 1.807) is 12.4 Å². The van der Waals surface area contributed by atoms with Gasteiger partial charge < -0.3 is 10.2 Å². The number of carbonyl (C=O) groups excluding carboxylic acids is 1. The van der Waals surface area contributed by atoms with Crippen molar-refractivity contribution in [3.63, 3.8) is 0 Å². The third-order valence-electron chi connectivity index (χ3n) is 4.61. The number of anilines is 1. The van der Waals surface area contributed by atoms with Crippen molar-refractivity contribution in [3.05, 3.63) is 59.9 Å². The highest BCUT2D eigenvalue weighted by atomic mass is 16.2. The van der Waals surface area contributed by atoms with Crippen LogP contribution >= 0.6 is 0 Å². The smallest absolute Gasteiger partial charge is 0.255 e. The molecular weight excluding hydrogens is 298 g/mol. The zero-order valence-electron chi connectivity index (χ0n) is 14.4. The molecule has 24 heavy (non-hydrogen) atoms. The topological polar surface area (TPSA) is 45.2 Å². The highest BCUT2D eigenvalue weighted by Crippen LogP contribution is 2.21. The summed E-state index contributed by atoms with van der Waals surface area (Å²) in [6.45, 7) is 6.01. The van der Waals surface area contributed by atoms with Gasteiger partial charge in [-0.05, 0) is 37.3 Å². The highest BCUT2D eigenvalue weighted by molar-refractivity contribution is 5.94. The first kappa shape index (κ1) is 16.5. The lowest BCUT2D eigenvalue weighted by molar-refractivity contribution is 0.0682. The van der Waals surface area contributed by atoms with Crippen LogP contribution in [0.3, 0.4) is 0 Å². The Kier molecular flexibility index (Phi) is 5.14. The van der Waals surface area contributed by atoms with E-state index in [2.05, 4.69) is 36.3 Å². The quantitative estimate of drug-likeness (QED) is 0.920. The first-order valence-electron chi connectivity index (χ1n) is 8.69. The second kappa shape index (κ2) is 7.47. The summed E-state index contributed by atoms with van der Waals surface area (Å²) in [5.41, 5.74) is 2.75. The minimum absolute atomic E-state index is 0.0880. The van der Waals surface area contributed by atoms with Gasteiger partial charge in [-0.25, -0.2) is 0 Å². The van der Waals surface area contributed by atoms with E-state index >= 15 is 0 Å². The van der Waals surface area contributed by atoms with Crippen LogP contribution in [0.2, 0.25) is 0 Å². The number of carbonyl (C=O) groups is 1. The summed E-state index contributed by atoms with van der Waals surface area (Å²) >= 11 is 0. The number of nitrogens with one attached hydrogen (secondary N) is 1. The number of nitrogens with zero attached hydrogens (tertiary/aromatic N) is 2. The van der Waals surface area contributed by atoms with Gasteiger partial charge in [-0.15, -0.1) is 0 Å². The lowest BCUT2D eigenvalue weighted by Gasteiger charge is -2.31. The standard InChI is InChI=1S/C20H25N3O/c1-15-7-6-10-23(14-15)20(24)18-11-19(13-21-12-18)22-16(2)17-8-4-3-5-9-17/h3-5,8-9,11-13,15-16,22H,6-7,10,14H2,1-2H3. The van der Waals surface area contributed by atoms with Crippen LogP contribution in [-0.2, 0) is 0 Å². The molecule has 2 unspecified atom stereocenters. The van der Waals surface area contributed by atoms with E-state index in [1.165, 1.54) is 12.0 Å². The van der Waals surface area contributed by atoms with Crippen molar-refractivity contribution in [2.45, 2.75) is 32.7 Å². The van der Waals surface area contributed by atoms with Gasteiger partial charge in [-0.1, -0.05) is 37.3 Å². The summed E-state index contributed by atoms with van der Waals surface area (Å²) in [7, 11) is 0. The third-order valence-corrected chi connectivity index (χ3v) is 4.61. The van der Waals surface area contributed by atoms with Crippen LogP contribution in [0.15, 0.2) is 48.8 Å². The number of hydrogen-bond acceptors (Lipinski definition) is 3. The van der Waals surface area contributed by atoms with Gasteiger partial charge in [0.2, 0.25) is 0 Å². The zero-order valence-corrected chi connectivity index (χ0v) is 14.4. The van der Waals surface area contributed by atoms with Crippen LogP contribution in [-0.4, -0.2) is 28.9 Å². The molecule has 1 aliphatic heterocycles. The van der Waals surface area contributed by atoms with Crippen LogP contribution in [0.4, 0.5) is 5.69 Å². The van der Waals surface area contributed by atoms with Gasteiger partial charge in [0, 0.05) is 31.5 Å². The number of rotatable bonds is 4. The SMILES string of the molecule is CC1CCCN(C(=O)c2cncc(NC(C)c3ccccc3)c2)C1. The monoisotopic (exact) mass is 323 g/mol. The maximum Gasteiger partial charge on any atom is 0.255 e. The van der Waals surface area contributed by atoms with Crippen LogP contribution in [0.1, 0.15) is 48.7 Å². The molecule has 0 bridgehead atoms. The molecule has 2 heterocycles. The maximum absolute atomic E-state index is 12.7. The fraction of sp³-hybridized carbons (Fsp3) is 0.400. The second-order valence-corrected chi connectivity index (χ2v) is 6.74. The predicted molar refractivity (Wildman–Crippen MR) is 97.0 cm³/mol. The lowest BCUT2D eigenvalue weighted by atomic mass is 10.00. The van der Waals surface area contributed by atoms with E-state index in [9.17, 15) is 4.79 Å². The molecule has 1 aromatic heterocycles. The minimum atomic E-state index is 0.0880. The summed E-state index contributed by atoms with van der Waals surface area (Å²) in [4.78, 5) is 18.9. The summed E-state index contributed by atoms with van der Waals surface area (Å²) in [6.07, 6.45) is 5.73. The molecule has 3 rings (SSSR count). The Morgan fingerprint density at radius 3 is 2.83 bits per heavy atom. The number of hydrogen-bond donors (Lipinski definition) is 1. The minimum Gasteiger partial charge on any atom is -0.377 e. The molecule has 4 heteroatoms. The average Bonchev–Trinajstić information content (AvgIpc) is 2.62. The van der Waals surface area contributed by atoms with Gasteiger partial charge in [0.05, 0.1) is 11.3 Å². The molecule has 1 saturated heterocycles. The molecule has 1 amide bonds. The Labute approximate surface area is 143 Å². The van der Waals surface area contributed by atoms with Crippen molar-refractivity contribution in [3.8, 4) is 0 Å². The Morgan fingerprint density at radius 1 is 1.29 bits per heavy atom. The molecule has 2 atom stereocenters. The molecule has 0 radical (unpaired) electrons. The van der Waals surface area contributed by atoms with Crippen molar-refractivity contribution in [1.82, 2.24) is 9.88 Å². The molecule has 1 fully saturated rings. The molecule has 2 aromatic rings. The van der Waals surface area contributed by atoms with Crippen molar-refractivity contribution in [1.29, 1.82) is 0 Å². The fourth-order valence-electron chi connectivity index (χ4n) is 3.27. The second-order valence-electron chi connectivity index (χ2n) is 6.74. The van der Waals surface area contributed by atoms with Gasteiger partial charge in [-0.2, -0.15) is 0 Å². The van der Waals surface area contributed by atoms with E-state index in [-0.39, 0.29) is 11.9 Å². The molecule has 1 N–H and O–H groups in total. The Hall–Kier alpha value is -2.36. The number of likely N-dealkylation sites (tertiary alicyclic amines) is 1. The Bertz CT molecular complexity index is 686. The average molecular weight is 323 g/mol. The van der Waals surface area contributed by atoms with Crippen molar-refractivity contribution < 1.29 is 4.79 Å². The van der Waals surface area contributed by atoms with Gasteiger partial charge in [-0.3, -0.25) is 9.78 Å². The lowest BCUT2D eigenvalue weighted by Crippen LogP contribution is -2.39. The van der Waals surface area contributed by atoms with E-state index in [4.69, 9.17) is 0 Å². The molecule has 1 aromatic carbocycles. The summed E-state index contributed by atoms with van der Waals surface area (Å²) < 4.78 is 0. The van der Waals surface area contributed by atoms with Gasteiger partial charge in [0.1, 0.15) is 0 Å². The van der Waals surface area contributed by atoms with Crippen LogP contribution in [0.5, 0.6) is 0 Å². The number of benzene rings is 1. The van der Waals surface area contributed by atoms with E-state index in [0.717, 1.165) is 25.2 Å². The van der Waals surface area contributed by atoms with E-state index in [0.29, 0.717) is 11.5 Å². The van der Waals surface area contributed by atoms with Crippen molar-refractivity contribution in [2.24, 2.45) is 5.92 Å².